The van der Waals surface area contributed by atoms with Gasteiger partial charge in [-0.25, -0.2) is 0 Å². The Kier molecular flexibility index (Phi) is 6.40. The summed E-state index contributed by atoms with van der Waals surface area (Å²) in [7, 11) is 0. The zero-order chi connectivity index (χ0) is 10.1. The van der Waals surface area contributed by atoms with Crippen molar-refractivity contribution in [3.8, 4) is 0 Å². The predicted molar refractivity (Wildman–Crippen MR) is 60.4 cm³/mol. The van der Waals surface area contributed by atoms with Crippen LogP contribution in [0.25, 0.3) is 0 Å². The van der Waals surface area contributed by atoms with Crippen LogP contribution in [-0.4, -0.2) is 57.3 Å². The van der Waals surface area contributed by atoms with Crippen molar-refractivity contribution in [1.82, 2.24) is 20.9 Å². The fourth-order valence-corrected chi connectivity index (χ4v) is 1.47. The summed E-state index contributed by atoms with van der Waals surface area (Å²) in [6.45, 7) is 12.2. The molecule has 0 aromatic heterocycles. The Morgan fingerprint density at radius 2 is 1.21 bits per heavy atom. The summed E-state index contributed by atoms with van der Waals surface area (Å²) in [5.74, 6) is 0. The van der Waals surface area contributed by atoms with Crippen LogP contribution in [0.2, 0.25) is 0 Å². The SMILES string of the molecule is C=CN1CCNCCNCCNCC1. The fraction of sp³-hybridized carbons (Fsp3) is 0.800. The van der Waals surface area contributed by atoms with Crippen molar-refractivity contribution in [1.29, 1.82) is 0 Å². The quantitative estimate of drug-likeness (QED) is 0.517. The highest BCUT2D eigenvalue weighted by atomic mass is 15.1. The monoisotopic (exact) mass is 198 g/mol. The molecule has 3 N–H and O–H groups in total. The molecule has 1 aliphatic heterocycles. The van der Waals surface area contributed by atoms with Gasteiger partial charge in [-0.05, 0) is 6.20 Å². The molecule has 1 heterocycles. The minimum atomic E-state index is 1.04. The van der Waals surface area contributed by atoms with E-state index in [1.165, 1.54) is 0 Å². The van der Waals surface area contributed by atoms with E-state index in [1.807, 2.05) is 6.20 Å². The van der Waals surface area contributed by atoms with Crippen molar-refractivity contribution in [3.63, 3.8) is 0 Å². The summed E-state index contributed by atoms with van der Waals surface area (Å²) in [5, 5.41) is 10.2. The van der Waals surface area contributed by atoms with Gasteiger partial charge in [0.25, 0.3) is 0 Å². The van der Waals surface area contributed by atoms with Crippen molar-refractivity contribution in [2.45, 2.75) is 0 Å². The third kappa shape index (κ3) is 5.21. The average molecular weight is 198 g/mol. The first-order valence-corrected chi connectivity index (χ1v) is 5.42. The standard InChI is InChI=1S/C10H22N4/c1-2-14-9-7-12-5-3-11-4-6-13-8-10-14/h2,11-13H,1,3-10H2. The van der Waals surface area contributed by atoms with Crippen molar-refractivity contribution in [2.75, 3.05) is 52.4 Å². The third-order valence-corrected chi connectivity index (χ3v) is 2.37. The van der Waals surface area contributed by atoms with Crippen LogP contribution < -0.4 is 16.0 Å². The lowest BCUT2D eigenvalue weighted by Gasteiger charge is -2.21. The second-order valence-corrected chi connectivity index (χ2v) is 3.47. The fourth-order valence-electron chi connectivity index (χ4n) is 1.47. The molecular formula is C10H22N4. The van der Waals surface area contributed by atoms with Gasteiger partial charge in [0.1, 0.15) is 0 Å². The van der Waals surface area contributed by atoms with Gasteiger partial charge < -0.3 is 20.9 Å². The van der Waals surface area contributed by atoms with Crippen LogP contribution in [0, 0.1) is 0 Å². The molecular weight excluding hydrogens is 176 g/mol. The van der Waals surface area contributed by atoms with Gasteiger partial charge in [-0.2, -0.15) is 0 Å². The molecule has 0 radical (unpaired) electrons. The maximum absolute atomic E-state index is 3.81. The number of rotatable bonds is 1. The number of hydrogen-bond acceptors (Lipinski definition) is 4. The van der Waals surface area contributed by atoms with E-state index in [9.17, 15) is 0 Å². The van der Waals surface area contributed by atoms with Gasteiger partial charge in [-0.1, -0.05) is 6.58 Å². The lowest BCUT2D eigenvalue weighted by atomic mass is 10.4. The van der Waals surface area contributed by atoms with E-state index in [0.717, 1.165) is 52.4 Å². The minimum absolute atomic E-state index is 1.04. The molecule has 0 aliphatic carbocycles. The van der Waals surface area contributed by atoms with Crippen molar-refractivity contribution >= 4 is 0 Å². The molecule has 4 nitrogen and oxygen atoms in total. The largest absolute Gasteiger partial charge is 0.375 e. The maximum Gasteiger partial charge on any atom is 0.0298 e. The number of hydrogen-bond donors (Lipinski definition) is 3. The Labute approximate surface area is 86.7 Å². The summed E-state index contributed by atoms with van der Waals surface area (Å²) in [4.78, 5) is 2.25. The molecule has 0 spiro atoms. The van der Waals surface area contributed by atoms with E-state index in [4.69, 9.17) is 0 Å². The molecule has 0 aromatic carbocycles. The Balaban J connectivity index is 2.20. The van der Waals surface area contributed by atoms with Crippen molar-refractivity contribution in [2.24, 2.45) is 0 Å². The summed E-state index contributed by atoms with van der Waals surface area (Å²) in [6.07, 6.45) is 1.92. The molecule has 1 rings (SSSR count). The van der Waals surface area contributed by atoms with Crippen LogP contribution in [0.4, 0.5) is 0 Å². The van der Waals surface area contributed by atoms with Crippen LogP contribution >= 0.6 is 0 Å². The first-order valence-electron chi connectivity index (χ1n) is 5.42. The lowest BCUT2D eigenvalue weighted by molar-refractivity contribution is 0.362. The molecule has 0 bridgehead atoms. The van der Waals surface area contributed by atoms with E-state index >= 15 is 0 Å². The molecule has 0 aromatic rings. The van der Waals surface area contributed by atoms with Crippen LogP contribution in [0.1, 0.15) is 0 Å². The topological polar surface area (TPSA) is 39.3 Å². The van der Waals surface area contributed by atoms with Gasteiger partial charge in [0.05, 0.1) is 0 Å². The molecule has 4 heteroatoms. The van der Waals surface area contributed by atoms with Gasteiger partial charge in [-0.3, -0.25) is 0 Å². The Bertz CT molecular complexity index is 137. The van der Waals surface area contributed by atoms with E-state index in [0.29, 0.717) is 0 Å². The molecule has 0 amide bonds. The first kappa shape index (κ1) is 11.5. The average Bonchev–Trinajstić information content (AvgIpc) is 2.19. The molecule has 0 saturated carbocycles. The molecule has 14 heavy (non-hydrogen) atoms. The van der Waals surface area contributed by atoms with E-state index in [2.05, 4.69) is 27.4 Å². The summed E-state index contributed by atoms with van der Waals surface area (Å²) >= 11 is 0. The zero-order valence-corrected chi connectivity index (χ0v) is 8.89. The summed E-state index contributed by atoms with van der Waals surface area (Å²) < 4.78 is 0. The third-order valence-electron chi connectivity index (χ3n) is 2.37. The summed E-state index contributed by atoms with van der Waals surface area (Å²) in [5.41, 5.74) is 0. The van der Waals surface area contributed by atoms with Crippen molar-refractivity contribution in [3.05, 3.63) is 12.8 Å². The highest BCUT2D eigenvalue weighted by Gasteiger charge is 1.99. The number of nitrogens with one attached hydrogen (secondary N) is 3. The zero-order valence-electron chi connectivity index (χ0n) is 8.89. The second-order valence-electron chi connectivity index (χ2n) is 3.47. The van der Waals surface area contributed by atoms with Gasteiger partial charge in [0.15, 0.2) is 0 Å². The van der Waals surface area contributed by atoms with E-state index in [1.54, 1.807) is 0 Å². The van der Waals surface area contributed by atoms with Gasteiger partial charge in [0.2, 0.25) is 0 Å². The van der Waals surface area contributed by atoms with Gasteiger partial charge >= 0.3 is 0 Å². The number of nitrogens with zero attached hydrogens (tertiary/aromatic N) is 1. The Morgan fingerprint density at radius 3 is 1.64 bits per heavy atom. The van der Waals surface area contributed by atoms with E-state index < -0.39 is 0 Å². The molecule has 1 saturated heterocycles. The molecule has 0 atom stereocenters. The second kappa shape index (κ2) is 7.79. The van der Waals surface area contributed by atoms with Crippen molar-refractivity contribution < 1.29 is 0 Å². The Morgan fingerprint density at radius 1 is 0.786 bits per heavy atom. The normalized spacial score (nSPS) is 22.1. The highest BCUT2D eigenvalue weighted by molar-refractivity contribution is 4.73. The Hall–Kier alpha value is -0.580. The van der Waals surface area contributed by atoms with Crippen LogP contribution in [0.5, 0.6) is 0 Å². The molecule has 82 valence electrons. The van der Waals surface area contributed by atoms with Gasteiger partial charge in [-0.15, -0.1) is 0 Å². The minimum Gasteiger partial charge on any atom is -0.375 e. The maximum atomic E-state index is 3.81. The van der Waals surface area contributed by atoms with Crippen LogP contribution in [0.3, 0.4) is 0 Å². The lowest BCUT2D eigenvalue weighted by Crippen LogP contribution is -2.39. The highest BCUT2D eigenvalue weighted by Crippen LogP contribution is 1.86. The predicted octanol–water partition coefficient (Wildman–Crippen LogP) is -0.786. The molecule has 0 unspecified atom stereocenters. The van der Waals surface area contributed by atoms with Crippen LogP contribution in [-0.2, 0) is 0 Å². The summed E-state index contributed by atoms with van der Waals surface area (Å²) in [6, 6.07) is 0. The van der Waals surface area contributed by atoms with E-state index in [-0.39, 0.29) is 0 Å². The smallest absolute Gasteiger partial charge is 0.0298 e. The molecule has 1 fully saturated rings. The van der Waals surface area contributed by atoms with Crippen LogP contribution in [0.15, 0.2) is 12.8 Å². The first-order chi connectivity index (χ1) is 6.93. The molecule has 1 aliphatic rings. The van der Waals surface area contributed by atoms with Gasteiger partial charge in [0, 0.05) is 52.4 Å².